The van der Waals surface area contributed by atoms with Gasteiger partial charge in [-0.3, -0.25) is 9.36 Å². The zero-order valence-corrected chi connectivity index (χ0v) is 26.7. The van der Waals surface area contributed by atoms with Gasteiger partial charge in [0.2, 0.25) is 0 Å². The van der Waals surface area contributed by atoms with Gasteiger partial charge in [0, 0.05) is 4.90 Å². The summed E-state index contributed by atoms with van der Waals surface area (Å²) in [6, 6.07) is 19.2. The highest BCUT2D eigenvalue weighted by Crippen LogP contribution is 2.32. The van der Waals surface area contributed by atoms with Crippen molar-refractivity contribution in [3.05, 3.63) is 124 Å². The maximum Gasteiger partial charge on any atom is 0.338 e. The number of halogens is 1. The number of rotatable bonds is 9. The van der Waals surface area contributed by atoms with Gasteiger partial charge in [0.05, 0.1) is 38.5 Å². The molecule has 0 radical (unpaired) electrons. The number of benzene rings is 3. The number of allylic oxidation sites excluding steroid dienone is 1. The molecule has 0 fully saturated rings. The molecule has 43 heavy (non-hydrogen) atoms. The Morgan fingerprint density at radius 2 is 1.84 bits per heavy atom. The standard InChI is InChI=1S/C32H27BrN2O6S2/c1-4-40-31(39)27-18(2)34-32-35(28(27)21-10-12-23(42-3)13-11-21)29(36)26(43-32)16-20-7-14-25(24(33)15-20)41-17-19-5-8-22(9-6-19)30(37)38/h5-16,28H,4,17H2,1-3H3,(H,37,38)/b26-16+/t28-/m1/s1. The molecule has 1 aliphatic heterocycles. The number of carboxylic acid groups (broad SMARTS) is 1. The van der Waals surface area contributed by atoms with Gasteiger partial charge in [-0.2, -0.15) is 0 Å². The predicted molar refractivity (Wildman–Crippen MR) is 170 cm³/mol. The van der Waals surface area contributed by atoms with Gasteiger partial charge in [0.25, 0.3) is 5.56 Å². The van der Waals surface area contributed by atoms with Crippen molar-refractivity contribution in [3.63, 3.8) is 0 Å². The second-order valence-corrected chi connectivity index (χ2v) is 12.3. The second-order valence-electron chi connectivity index (χ2n) is 9.56. The summed E-state index contributed by atoms with van der Waals surface area (Å²) in [6.07, 6.45) is 3.78. The van der Waals surface area contributed by atoms with Crippen molar-refractivity contribution in [1.82, 2.24) is 4.57 Å². The van der Waals surface area contributed by atoms with E-state index in [1.807, 2.05) is 42.7 Å². The number of carbonyl (C=O) groups is 2. The van der Waals surface area contributed by atoms with Crippen molar-refractivity contribution >= 4 is 57.0 Å². The van der Waals surface area contributed by atoms with E-state index in [4.69, 9.17) is 14.6 Å². The van der Waals surface area contributed by atoms with Crippen LogP contribution in [0.2, 0.25) is 0 Å². The first-order valence-electron chi connectivity index (χ1n) is 13.3. The summed E-state index contributed by atoms with van der Waals surface area (Å²) in [4.78, 5) is 44.2. The Morgan fingerprint density at radius 3 is 2.47 bits per heavy atom. The molecule has 5 rings (SSSR count). The summed E-state index contributed by atoms with van der Waals surface area (Å²) in [5.41, 5.74) is 3.23. The zero-order valence-electron chi connectivity index (χ0n) is 23.5. The summed E-state index contributed by atoms with van der Waals surface area (Å²) in [5, 5.41) is 9.08. The molecule has 1 atom stereocenters. The molecule has 8 nitrogen and oxygen atoms in total. The van der Waals surface area contributed by atoms with Crippen LogP contribution in [-0.2, 0) is 16.1 Å². The number of esters is 1. The number of aromatic carboxylic acids is 1. The molecule has 0 saturated carbocycles. The van der Waals surface area contributed by atoms with Crippen molar-refractivity contribution in [2.75, 3.05) is 12.9 Å². The average Bonchev–Trinajstić information content (AvgIpc) is 3.30. The first-order chi connectivity index (χ1) is 20.7. The average molecular weight is 680 g/mol. The van der Waals surface area contributed by atoms with Crippen molar-refractivity contribution < 1.29 is 24.2 Å². The third-order valence-corrected chi connectivity index (χ3v) is 9.14. The molecular weight excluding hydrogens is 652 g/mol. The van der Waals surface area contributed by atoms with Crippen LogP contribution < -0.4 is 19.6 Å². The molecular formula is C32H27BrN2O6S2. The first-order valence-corrected chi connectivity index (χ1v) is 16.1. The maximum atomic E-state index is 13.9. The molecule has 1 aliphatic rings. The van der Waals surface area contributed by atoms with E-state index in [0.717, 1.165) is 21.6 Å². The maximum absolute atomic E-state index is 13.9. The Labute approximate surface area is 264 Å². The topological polar surface area (TPSA) is 107 Å². The van der Waals surface area contributed by atoms with Gasteiger partial charge >= 0.3 is 11.9 Å². The smallest absolute Gasteiger partial charge is 0.338 e. The molecule has 11 heteroatoms. The Balaban J connectivity index is 1.48. The van der Waals surface area contributed by atoms with Gasteiger partial charge in [0.1, 0.15) is 12.4 Å². The van der Waals surface area contributed by atoms with Crippen molar-refractivity contribution in [2.45, 2.75) is 31.4 Å². The van der Waals surface area contributed by atoms with Crippen LogP contribution >= 0.6 is 39.0 Å². The minimum atomic E-state index is -0.979. The lowest BCUT2D eigenvalue weighted by molar-refractivity contribution is -0.139. The fourth-order valence-corrected chi connectivity index (χ4v) is 6.64. The minimum absolute atomic E-state index is 0.212. The number of thiazole rings is 1. The summed E-state index contributed by atoms with van der Waals surface area (Å²) >= 11 is 6.43. The highest BCUT2D eigenvalue weighted by molar-refractivity contribution is 9.10. The number of fused-ring (bicyclic) bond motifs is 1. The third-order valence-electron chi connectivity index (χ3n) is 6.80. The molecule has 220 valence electrons. The molecule has 2 heterocycles. The Morgan fingerprint density at radius 1 is 1.12 bits per heavy atom. The summed E-state index contributed by atoms with van der Waals surface area (Å²) < 4.78 is 14.0. The van der Waals surface area contributed by atoms with Crippen LogP contribution in [-0.4, -0.2) is 34.5 Å². The van der Waals surface area contributed by atoms with Crippen LogP contribution in [0.1, 0.15) is 46.9 Å². The highest BCUT2D eigenvalue weighted by atomic mass is 79.9. The quantitative estimate of drug-likeness (QED) is 0.182. The number of hydrogen-bond donors (Lipinski definition) is 1. The van der Waals surface area contributed by atoms with E-state index in [1.165, 1.54) is 23.5 Å². The molecule has 4 aromatic rings. The van der Waals surface area contributed by atoms with Crippen molar-refractivity contribution in [3.8, 4) is 5.75 Å². The lowest BCUT2D eigenvalue weighted by Gasteiger charge is -2.24. The summed E-state index contributed by atoms with van der Waals surface area (Å²) in [7, 11) is 0. The molecule has 0 bridgehead atoms. The van der Waals surface area contributed by atoms with E-state index in [0.29, 0.717) is 30.8 Å². The van der Waals surface area contributed by atoms with E-state index in [2.05, 4.69) is 20.9 Å². The van der Waals surface area contributed by atoms with E-state index in [1.54, 1.807) is 54.5 Å². The highest BCUT2D eigenvalue weighted by Gasteiger charge is 2.33. The van der Waals surface area contributed by atoms with Crippen LogP contribution in [0.15, 0.2) is 97.2 Å². The largest absolute Gasteiger partial charge is 0.488 e. The molecule has 0 unspecified atom stereocenters. The number of carbonyl (C=O) groups excluding carboxylic acids is 1. The SMILES string of the molecule is CCOC(=O)C1=C(C)N=c2s/c(=C/c3ccc(OCc4ccc(C(=O)O)cc4)c(Br)c3)c(=O)n2[C@@H]1c1ccc(SC)cc1. The van der Waals surface area contributed by atoms with Gasteiger partial charge in [0.15, 0.2) is 4.80 Å². The van der Waals surface area contributed by atoms with Crippen LogP contribution in [0.25, 0.3) is 6.08 Å². The van der Waals surface area contributed by atoms with E-state index in [-0.39, 0.29) is 24.3 Å². The first kappa shape index (κ1) is 30.5. The number of hydrogen-bond acceptors (Lipinski definition) is 8. The molecule has 1 N–H and O–H groups in total. The van der Waals surface area contributed by atoms with Gasteiger partial charge in [-0.1, -0.05) is 41.7 Å². The monoisotopic (exact) mass is 678 g/mol. The van der Waals surface area contributed by atoms with Crippen LogP contribution in [0.3, 0.4) is 0 Å². The van der Waals surface area contributed by atoms with E-state index < -0.39 is 18.0 Å². The van der Waals surface area contributed by atoms with Crippen LogP contribution in [0.4, 0.5) is 0 Å². The van der Waals surface area contributed by atoms with E-state index in [9.17, 15) is 14.4 Å². The predicted octanol–water partition coefficient (Wildman–Crippen LogP) is 5.56. The van der Waals surface area contributed by atoms with Gasteiger partial charge < -0.3 is 14.6 Å². The fraction of sp³-hybridized carbons (Fsp3) is 0.188. The minimum Gasteiger partial charge on any atom is -0.488 e. The third kappa shape index (κ3) is 6.53. The molecule has 0 spiro atoms. The Kier molecular flexibility index (Phi) is 9.34. The van der Waals surface area contributed by atoms with E-state index >= 15 is 0 Å². The Hall–Kier alpha value is -3.93. The van der Waals surface area contributed by atoms with Gasteiger partial charge in [-0.25, -0.2) is 14.6 Å². The van der Waals surface area contributed by atoms with Gasteiger partial charge in [-0.05, 0) is 95.2 Å². The summed E-state index contributed by atoms with van der Waals surface area (Å²) in [6.45, 7) is 3.99. The van der Waals surface area contributed by atoms with Crippen molar-refractivity contribution in [2.24, 2.45) is 4.99 Å². The summed E-state index contributed by atoms with van der Waals surface area (Å²) in [5.74, 6) is -0.869. The molecule has 1 aromatic heterocycles. The molecule has 3 aromatic carbocycles. The van der Waals surface area contributed by atoms with Crippen molar-refractivity contribution in [1.29, 1.82) is 0 Å². The number of thioether (sulfide) groups is 1. The number of ether oxygens (including phenoxy) is 2. The Bertz CT molecular complexity index is 1910. The number of carboxylic acids is 1. The molecule has 0 aliphatic carbocycles. The zero-order chi connectivity index (χ0) is 30.7. The normalized spacial score (nSPS) is 14.7. The second kappa shape index (κ2) is 13.2. The lowest BCUT2D eigenvalue weighted by Crippen LogP contribution is -2.39. The fourth-order valence-electron chi connectivity index (χ4n) is 4.67. The molecule has 0 saturated heterocycles. The number of nitrogens with zero attached hydrogens (tertiary/aromatic N) is 2. The number of aromatic nitrogens is 1. The van der Waals surface area contributed by atoms with Crippen LogP contribution in [0.5, 0.6) is 5.75 Å². The van der Waals surface area contributed by atoms with Gasteiger partial charge in [-0.15, -0.1) is 11.8 Å². The van der Waals surface area contributed by atoms with Crippen LogP contribution in [0, 0.1) is 0 Å². The molecule has 0 amide bonds. The lowest BCUT2D eigenvalue weighted by atomic mass is 9.96.